The highest BCUT2D eigenvalue weighted by molar-refractivity contribution is 5.39. The summed E-state index contributed by atoms with van der Waals surface area (Å²) in [6.07, 6.45) is -0.766. The van der Waals surface area contributed by atoms with E-state index in [1.165, 1.54) is 43.3 Å². The van der Waals surface area contributed by atoms with Crippen molar-refractivity contribution in [2.45, 2.75) is 13.0 Å². The van der Waals surface area contributed by atoms with E-state index >= 15 is 0 Å². The molecule has 2 rings (SSSR count). The van der Waals surface area contributed by atoms with Gasteiger partial charge >= 0.3 is 0 Å². The third-order valence-electron chi connectivity index (χ3n) is 2.71. The summed E-state index contributed by atoms with van der Waals surface area (Å²) in [5.41, 5.74) is 0.376. The highest BCUT2D eigenvalue weighted by Gasteiger charge is 2.10. The van der Waals surface area contributed by atoms with Crippen molar-refractivity contribution < 1.29 is 19.2 Å². The summed E-state index contributed by atoms with van der Waals surface area (Å²) >= 11 is 0. The molecule has 1 N–H and O–H groups in total. The minimum atomic E-state index is -0.766. The second kappa shape index (κ2) is 5.66. The van der Waals surface area contributed by atoms with Crippen molar-refractivity contribution in [3.05, 3.63) is 64.0 Å². The number of nitrogens with zero attached hydrogens (tertiary/aromatic N) is 1. The molecule has 0 aliphatic carbocycles. The van der Waals surface area contributed by atoms with Crippen LogP contribution in [0, 0.1) is 15.9 Å². The number of non-ortho nitro benzene ring substituents is 1. The van der Waals surface area contributed by atoms with Crippen LogP contribution in [0.15, 0.2) is 42.5 Å². The van der Waals surface area contributed by atoms with Crippen LogP contribution in [0.25, 0.3) is 0 Å². The maximum absolute atomic E-state index is 13.8. The number of rotatable bonds is 4. The number of ether oxygens (including phenoxy) is 1. The molecule has 2 aromatic carbocycles. The molecule has 0 aliphatic heterocycles. The van der Waals surface area contributed by atoms with Gasteiger partial charge in [0.2, 0.25) is 0 Å². The first-order valence-electron chi connectivity index (χ1n) is 5.87. The van der Waals surface area contributed by atoms with Crippen LogP contribution in [0.2, 0.25) is 0 Å². The summed E-state index contributed by atoms with van der Waals surface area (Å²) < 4.78 is 19.1. The second-order valence-corrected chi connectivity index (χ2v) is 4.22. The molecule has 5 nitrogen and oxygen atoms in total. The molecule has 1 atom stereocenters. The van der Waals surface area contributed by atoms with Gasteiger partial charge in [-0.05, 0) is 36.8 Å². The number of halogens is 1. The van der Waals surface area contributed by atoms with Crippen molar-refractivity contribution >= 4 is 5.69 Å². The molecule has 0 heterocycles. The van der Waals surface area contributed by atoms with E-state index in [0.29, 0.717) is 11.3 Å². The van der Waals surface area contributed by atoms with Gasteiger partial charge in [0.05, 0.1) is 11.0 Å². The second-order valence-electron chi connectivity index (χ2n) is 4.22. The zero-order valence-corrected chi connectivity index (χ0v) is 10.6. The Morgan fingerprint density at radius 3 is 2.40 bits per heavy atom. The summed E-state index contributed by atoms with van der Waals surface area (Å²) in [4.78, 5) is 9.98. The monoisotopic (exact) mass is 277 g/mol. The first-order chi connectivity index (χ1) is 9.47. The van der Waals surface area contributed by atoms with Crippen LogP contribution in [-0.4, -0.2) is 10.0 Å². The normalized spacial score (nSPS) is 11.9. The van der Waals surface area contributed by atoms with Crippen LogP contribution >= 0.6 is 0 Å². The Bertz CT molecular complexity index is 626. The predicted molar refractivity (Wildman–Crippen MR) is 70.2 cm³/mol. The van der Waals surface area contributed by atoms with Crippen LogP contribution in [-0.2, 0) is 0 Å². The fraction of sp³-hybridized carbons (Fsp3) is 0.143. The molecule has 0 amide bonds. The number of aliphatic hydroxyl groups is 1. The minimum Gasteiger partial charge on any atom is -0.454 e. The van der Waals surface area contributed by atoms with Crippen LogP contribution < -0.4 is 4.74 Å². The molecule has 0 aromatic heterocycles. The number of benzene rings is 2. The van der Waals surface area contributed by atoms with E-state index in [-0.39, 0.29) is 11.4 Å². The maximum atomic E-state index is 13.8. The lowest BCUT2D eigenvalue weighted by Gasteiger charge is -2.09. The highest BCUT2D eigenvalue weighted by Crippen LogP contribution is 2.28. The Balaban J connectivity index is 2.19. The molecule has 0 radical (unpaired) electrons. The van der Waals surface area contributed by atoms with Gasteiger partial charge in [0, 0.05) is 12.1 Å². The van der Waals surface area contributed by atoms with E-state index in [2.05, 4.69) is 0 Å². The molecule has 0 fully saturated rings. The summed E-state index contributed by atoms with van der Waals surface area (Å²) in [6, 6.07) is 9.47. The van der Waals surface area contributed by atoms with E-state index in [0.717, 1.165) is 0 Å². The lowest BCUT2D eigenvalue weighted by Crippen LogP contribution is -1.94. The van der Waals surface area contributed by atoms with Crippen molar-refractivity contribution in [1.29, 1.82) is 0 Å². The summed E-state index contributed by atoms with van der Waals surface area (Å²) in [7, 11) is 0. The lowest BCUT2D eigenvalue weighted by molar-refractivity contribution is -0.384. The van der Waals surface area contributed by atoms with Crippen LogP contribution in [0.4, 0.5) is 10.1 Å². The SMILES string of the molecule is C[C@@H](O)c1ccc(Oc2ccc([N+](=O)[O-])cc2)c(F)c1. The molecule has 0 saturated carbocycles. The molecular weight excluding hydrogens is 265 g/mol. The Morgan fingerprint density at radius 1 is 1.25 bits per heavy atom. The van der Waals surface area contributed by atoms with Crippen LogP contribution in [0.5, 0.6) is 11.5 Å². The standard InChI is InChI=1S/C14H12FNO4/c1-9(17)10-2-7-14(13(15)8-10)20-12-5-3-11(4-6-12)16(18)19/h2-9,17H,1H3/t9-/m1/s1. The number of hydrogen-bond donors (Lipinski definition) is 1. The molecule has 6 heteroatoms. The van der Waals surface area contributed by atoms with Crippen molar-refractivity contribution in [3.63, 3.8) is 0 Å². The van der Waals surface area contributed by atoms with E-state index in [9.17, 15) is 19.6 Å². The minimum absolute atomic E-state index is 0.0109. The van der Waals surface area contributed by atoms with Gasteiger partial charge in [0.25, 0.3) is 5.69 Å². The van der Waals surface area contributed by atoms with Gasteiger partial charge in [-0.3, -0.25) is 10.1 Å². The van der Waals surface area contributed by atoms with Gasteiger partial charge in [-0.1, -0.05) is 6.07 Å². The number of nitro benzene ring substituents is 1. The molecule has 0 spiro atoms. The van der Waals surface area contributed by atoms with Crippen molar-refractivity contribution in [3.8, 4) is 11.5 Å². The molecule has 0 bridgehead atoms. The largest absolute Gasteiger partial charge is 0.454 e. The predicted octanol–water partition coefficient (Wildman–Crippen LogP) is 3.58. The molecular formula is C14H12FNO4. The molecule has 104 valence electrons. The molecule has 2 aromatic rings. The van der Waals surface area contributed by atoms with Crippen molar-refractivity contribution in [2.75, 3.05) is 0 Å². The van der Waals surface area contributed by atoms with Crippen molar-refractivity contribution in [1.82, 2.24) is 0 Å². The Kier molecular flexibility index (Phi) is 3.95. The summed E-state index contributed by atoms with van der Waals surface area (Å²) in [5.74, 6) is -0.329. The molecule has 0 saturated heterocycles. The van der Waals surface area contributed by atoms with Gasteiger partial charge in [-0.15, -0.1) is 0 Å². The van der Waals surface area contributed by atoms with Crippen LogP contribution in [0.3, 0.4) is 0 Å². The number of hydrogen-bond acceptors (Lipinski definition) is 4. The van der Waals surface area contributed by atoms with E-state index in [1.54, 1.807) is 6.07 Å². The third kappa shape index (κ3) is 3.10. The van der Waals surface area contributed by atoms with Gasteiger partial charge < -0.3 is 9.84 Å². The summed E-state index contributed by atoms with van der Waals surface area (Å²) in [6.45, 7) is 1.53. The van der Waals surface area contributed by atoms with Gasteiger partial charge in [-0.2, -0.15) is 0 Å². The topological polar surface area (TPSA) is 72.6 Å². The number of nitro groups is 1. The number of aliphatic hydroxyl groups excluding tert-OH is 1. The fourth-order valence-corrected chi connectivity index (χ4v) is 1.62. The Morgan fingerprint density at radius 2 is 1.90 bits per heavy atom. The fourth-order valence-electron chi connectivity index (χ4n) is 1.62. The van der Waals surface area contributed by atoms with Gasteiger partial charge in [0.15, 0.2) is 11.6 Å². The Hall–Kier alpha value is -2.47. The van der Waals surface area contributed by atoms with E-state index in [1.807, 2.05) is 0 Å². The smallest absolute Gasteiger partial charge is 0.269 e. The summed E-state index contributed by atoms with van der Waals surface area (Å²) in [5, 5.41) is 19.8. The van der Waals surface area contributed by atoms with E-state index in [4.69, 9.17) is 4.74 Å². The first-order valence-corrected chi connectivity index (χ1v) is 5.87. The van der Waals surface area contributed by atoms with Crippen LogP contribution in [0.1, 0.15) is 18.6 Å². The molecule has 0 unspecified atom stereocenters. The zero-order chi connectivity index (χ0) is 14.7. The first kappa shape index (κ1) is 14.0. The Labute approximate surface area is 114 Å². The van der Waals surface area contributed by atoms with Gasteiger partial charge in [-0.25, -0.2) is 4.39 Å². The molecule has 0 aliphatic rings. The van der Waals surface area contributed by atoms with E-state index < -0.39 is 16.8 Å². The highest BCUT2D eigenvalue weighted by atomic mass is 19.1. The lowest BCUT2D eigenvalue weighted by atomic mass is 10.1. The third-order valence-corrected chi connectivity index (χ3v) is 2.71. The maximum Gasteiger partial charge on any atom is 0.269 e. The van der Waals surface area contributed by atoms with Gasteiger partial charge in [0.1, 0.15) is 5.75 Å². The average molecular weight is 277 g/mol. The quantitative estimate of drug-likeness (QED) is 0.684. The average Bonchev–Trinajstić information content (AvgIpc) is 2.41. The van der Waals surface area contributed by atoms with Crippen molar-refractivity contribution in [2.24, 2.45) is 0 Å². The zero-order valence-electron chi connectivity index (χ0n) is 10.6. The molecule has 20 heavy (non-hydrogen) atoms.